The van der Waals surface area contributed by atoms with Gasteiger partial charge in [-0.05, 0) is 42.8 Å². The van der Waals surface area contributed by atoms with E-state index < -0.39 is 0 Å². The molecule has 0 bridgehead atoms. The highest BCUT2D eigenvalue weighted by molar-refractivity contribution is 7.80. The van der Waals surface area contributed by atoms with Crippen molar-refractivity contribution in [2.45, 2.75) is 44.7 Å². The van der Waals surface area contributed by atoms with Crippen molar-refractivity contribution >= 4 is 17.3 Å². The van der Waals surface area contributed by atoms with Gasteiger partial charge in [-0.25, -0.2) is 4.39 Å². The summed E-state index contributed by atoms with van der Waals surface area (Å²) in [4.78, 5) is 1.97. The summed E-state index contributed by atoms with van der Waals surface area (Å²) in [5.74, 6) is -0.197. The Balaban J connectivity index is 1.84. The minimum Gasteiger partial charge on any atom is -0.360 e. The quantitative estimate of drug-likeness (QED) is 0.854. The van der Waals surface area contributed by atoms with Crippen LogP contribution in [0.2, 0.25) is 0 Å². The van der Waals surface area contributed by atoms with Gasteiger partial charge >= 0.3 is 0 Å². The zero-order valence-corrected chi connectivity index (χ0v) is 12.2. The SMILES string of the molecule is CN(Cc1cccc(F)c1)C(=S)NC1CCCCC1. The van der Waals surface area contributed by atoms with Crippen LogP contribution in [0.3, 0.4) is 0 Å². The molecule has 19 heavy (non-hydrogen) atoms. The molecule has 1 N–H and O–H groups in total. The molecule has 2 nitrogen and oxygen atoms in total. The van der Waals surface area contributed by atoms with Gasteiger partial charge < -0.3 is 10.2 Å². The van der Waals surface area contributed by atoms with E-state index in [-0.39, 0.29) is 5.82 Å². The Bertz CT molecular complexity index is 430. The third kappa shape index (κ3) is 4.46. The molecule has 1 fully saturated rings. The minimum atomic E-state index is -0.197. The molecule has 0 unspecified atom stereocenters. The molecule has 104 valence electrons. The molecule has 1 aliphatic rings. The molecular formula is C15H21FN2S. The van der Waals surface area contributed by atoms with Crippen LogP contribution in [-0.4, -0.2) is 23.1 Å². The van der Waals surface area contributed by atoms with E-state index in [2.05, 4.69) is 5.32 Å². The van der Waals surface area contributed by atoms with Crippen molar-refractivity contribution in [2.24, 2.45) is 0 Å². The van der Waals surface area contributed by atoms with Gasteiger partial charge in [-0.3, -0.25) is 0 Å². The maximum absolute atomic E-state index is 13.1. The van der Waals surface area contributed by atoms with Crippen molar-refractivity contribution in [2.75, 3.05) is 7.05 Å². The molecular weight excluding hydrogens is 259 g/mol. The van der Waals surface area contributed by atoms with Crippen LogP contribution >= 0.6 is 12.2 Å². The van der Waals surface area contributed by atoms with Crippen LogP contribution < -0.4 is 5.32 Å². The van der Waals surface area contributed by atoms with E-state index in [4.69, 9.17) is 12.2 Å². The van der Waals surface area contributed by atoms with Gasteiger partial charge in [-0.1, -0.05) is 31.4 Å². The maximum atomic E-state index is 13.1. The molecule has 1 aromatic carbocycles. The summed E-state index contributed by atoms with van der Waals surface area (Å²) in [6.07, 6.45) is 6.31. The van der Waals surface area contributed by atoms with Gasteiger partial charge in [-0.2, -0.15) is 0 Å². The fraction of sp³-hybridized carbons (Fsp3) is 0.533. The van der Waals surface area contributed by atoms with Gasteiger partial charge in [0.15, 0.2) is 5.11 Å². The first-order chi connectivity index (χ1) is 9.15. The third-order valence-electron chi connectivity index (χ3n) is 3.59. The van der Waals surface area contributed by atoms with E-state index >= 15 is 0 Å². The monoisotopic (exact) mass is 280 g/mol. The number of nitrogens with one attached hydrogen (secondary N) is 1. The molecule has 1 aliphatic carbocycles. The third-order valence-corrected chi connectivity index (χ3v) is 4.02. The van der Waals surface area contributed by atoms with Crippen molar-refractivity contribution in [1.29, 1.82) is 0 Å². The largest absolute Gasteiger partial charge is 0.360 e. The normalized spacial score (nSPS) is 16.1. The van der Waals surface area contributed by atoms with Crippen LogP contribution in [0.15, 0.2) is 24.3 Å². The minimum absolute atomic E-state index is 0.197. The van der Waals surface area contributed by atoms with Crippen molar-refractivity contribution in [1.82, 2.24) is 10.2 Å². The number of nitrogens with zero attached hydrogens (tertiary/aromatic N) is 1. The Morgan fingerprint density at radius 3 is 2.79 bits per heavy atom. The predicted octanol–water partition coefficient (Wildman–Crippen LogP) is 3.46. The highest BCUT2D eigenvalue weighted by atomic mass is 32.1. The lowest BCUT2D eigenvalue weighted by Crippen LogP contribution is -2.43. The van der Waals surface area contributed by atoms with Crippen LogP contribution in [0.4, 0.5) is 4.39 Å². The fourth-order valence-electron chi connectivity index (χ4n) is 2.51. The lowest BCUT2D eigenvalue weighted by molar-refractivity contribution is 0.392. The highest BCUT2D eigenvalue weighted by Crippen LogP contribution is 2.17. The Hall–Kier alpha value is -1.16. The average Bonchev–Trinajstić information content (AvgIpc) is 2.40. The Morgan fingerprint density at radius 1 is 1.37 bits per heavy atom. The molecule has 0 heterocycles. The summed E-state index contributed by atoms with van der Waals surface area (Å²) in [7, 11) is 1.95. The fourth-order valence-corrected chi connectivity index (χ4v) is 2.74. The molecule has 1 saturated carbocycles. The van der Waals surface area contributed by atoms with Crippen LogP contribution in [0, 0.1) is 5.82 Å². The second kappa shape index (κ2) is 6.85. The van der Waals surface area contributed by atoms with Gasteiger partial charge in [-0.15, -0.1) is 0 Å². The molecule has 4 heteroatoms. The van der Waals surface area contributed by atoms with Gasteiger partial charge in [0.25, 0.3) is 0 Å². The van der Waals surface area contributed by atoms with Crippen LogP contribution in [-0.2, 0) is 6.54 Å². The van der Waals surface area contributed by atoms with E-state index in [1.165, 1.54) is 38.2 Å². The van der Waals surface area contributed by atoms with E-state index in [9.17, 15) is 4.39 Å². The van der Waals surface area contributed by atoms with E-state index in [0.717, 1.165) is 10.7 Å². The summed E-state index contributed by atoms with van der Waals surface area (Å²) in [5, 5.41) is 4.18. The molecule has 0 aromatic heterocycles. The van der Waals surface area contributed by atoms with Gasteiger partial charge in [0.1, 0.15) is 5.82 Å². The van der Waals surface area contributed by atoms with Crippen LogP contribution in [0.5, 0.6) is 0 Å². The summed E-state index contributed by atoms with van der Waals surface area (Å²) in [6, 6.07) is 7.18. The number of hydrogen-bond donors (Lipinski definition) is 1. The first kappa shape index (κ1) is 14.3. The van der Waals surface area contributed by atoms with Crippen molar-refractivity contribution in [3.63, 3.8) is 0 Å². The maximum Gasteiger partial charge on any atom is 0.169 e. The lowest BCUT2D eigenvalue weighted by Gasteiger charge is -2.28. The average molecular weight is 280 g/mol. The molecule has 0 spiro atoms. The van der Waals surface area contributed by atoms with Crippen LogP contribution in [0.25, 0.3) is 0 Å². The standard InChI is InChI=1S/C15H21FN2S/c1-18(11-12-6-5-7-13(16)10-12)15(19)17-14-8-3-2-4-9-14/h5-7,10,14H,2-4,8-9,11H2,1H3,(H,17,19). The summed E-state index contributed by atoms with van der Waals surface area (Å²) in [6.45, 7) is 0.635. The Kier molecular flexibility index (Phi) is 5.14. The molecule has 1 aromatic rings. The summed E-state index contributed by atoms with van der Waals surface area (Å²) < 4.78 is 13.1. The number of hydrogen-bond acceptors (Lipinski definition) is 1. The lowest BCUT2D eigenvalue weighted by atomic mass is 9.96. The summed E-state index contributed by atoms with van der Waals surface area (Å²) >= 11 is 5.41. The van der Waals surface area contributed by atoms with Gasteiger partial charge in [0, 0.05) is 19.6 Å². The van der Waals surface area contributed by atoms with Crippen molar-refractivity contribution in [3.8, 4) is 0 Å². The summed E-state index contributed by atoms with van der Waals surface area (Å²) in [5.41, 5.74) is 0.940. The molecule has 2 rings (SSSR count). The second-order valence-corrected chi connectivity index (χ2v) is 5.66. The van der Waals surface area contributed by atoms with Gasteiger partial charge in [0.05, 0.1) is 0 Å². The smallest absolute Gasteiger partial charge is 0.169 e. The number of thiocarbonyl (C=S) groups is 1. The van der Waals surface area contributed by atoms with E-state index in [0.29, 0.717) is 12.6 Å². The molecule has 0 amide bonds. The zero-order valence-electron chi connectivity index (χ0n) is 11.4. The second-order valence-electron chi connectivity index (χ2n) is 5.27. The first-order valence-corrected chi connectivity index (χ1v) is 7.32. The van der Waals surface area contributed by atoms with E-state index in [1.807, 2.05) is 18.0 Å². The number of benzene rings is 1. The number of rotatable bonds is 3. The highest BCUT2D eigenvalue weighted by Gasteiger charge is 2.15. The Morgan fingerprint density at radius 2 is 2.11 bits per heavy atom. The van der Waals surface area contributed by atoms with Crippen LogP contribution in [0.1, 0.15) is 37.7 Å². The molecule has 0 atom stereocenters. The Labute approximate surface area is 120 Å². The molecule has 0 saturated heterocycles. The number of halogens is 1. The van der Waals surface area contributed by atoms with Crippen molar-refractivity contribution in [3.05, 3.63) is 35.6 Å². The molecule has 0 radical (unpaired) electrons. The first-order valence-electron chi connectivity index (χ1n) is 6.91. The van der Waals surface area contributed by atoms with Gasteiger partial charge in [0.2, 0.25) is 0 Å². The predicted molar refractivity (Wildman–Crippen MR) is 80.5 cm³/mol. The zero-order chi connectivity index (χ0) is 13.7. The van der Waals surface area contributed by atoms with E-state index in [1.54, 1.807) is 12.1 Å². The topological polar surface area (TPSA) is 15.3 Å². The van der Waals surface area contributed by atoms with Crippen molar-refractivity contribution < 1.29 is 4.39 Å². The molecule has 0 aliphatic heterocycles.